The third kappa shape index (κ3) is 2.96. The zero-order chi connectivity index (χ0) is 12.3. The predicted octanol–water partition coefficient (Wildman–Crippen LogP) is 1.89. The van der Waals surface area contributed by atoms with Crippen molar-refractivity contribution in [3.05, 3.63) is 29.6 Å². The first kappa shape index (κ1) is 12.3. The van der Waals surface area contributed by atoms with E-state index in [4.69, 9.17) is 9.47 Å². The van der Waals surface area contributed by atoms with E-state index in [-0.39, 0.29) is 18.0 Å². The quantitative estimate of drug-likeness (QED) is 0.873. The van der Waals surface area contributed by atoms with Crippen molar-refractivity contribution in [2.45, 2.75) is 25.5 Å². The first-order valence-electron chi connectivity index (χ1n) is 5.88. The number of aryl methyl sites for hydroxylation is 1. The van der Waals surface area contributed by atoms with Gasteiger partial charge < -0.3 is 14.8 Å². The van der Waals surface area contributed by atoms with Gasteiger partial charge >= 0.3 is 0 Å². The van der Waals surface area contributed by atoms with Crippen LogP contribution in [-0.2, 0) is 4.74 Å². The second kappa shape index (κ2) is 5.47. The number of hydrogen-bond acceptors (Lipinski definition) is 3. The monoisotopic (exact) mass is 239 g/mol. The van der Waals surface area contributed by atoms with Crippen LogP contribution in [0.4, 0.5) is 4.39 Å². The third-order valence-corrected chi connectivity index (χ3v) is 3.04. The van der Waals surface area contributed by atoms with Crippen LogP contribution < -0.4 is 10.1 Å². The minimum Gasteiger partial charge on any atom is -0.483 e. The maximum atomic E-state index is 13.6. The van der Waals surface area contributed by atoms with Crippen LogP contribution in [0.2, 0.25) is 0 Å². The van der Waals surface area contributed by atoms with Crippen molar-refractivity contribution in [2.75, 3.05) is 20.3 Å². The highest BCUT2D eigenvalue weighted by molar-refractivity contribution is 5.29. The second-order valence-corrected chi connectivity index (χ2v) is 4.35. The highest BCUT2D eigenvalue weighted by Crippen LogP contribution is 2.22. The lowest BCUT2D eigenvalue weighted by Crippen LogP contribution is -2.48. The Balaban J connectivity index is 2.10. The van der Waals surface area contributed by atoms with Crippen molar-refractivity contribution < 1.29 is 13.9 Å². The lowest BCUT2D eigenvalue weighted by atomic mass is 10.1. The van der Waals surface area contributed by atoms with Gasteiger partial charge in [0.15, 0.2) is 11.6 Å². The van der Waals surface area contributed by atoms with Crippen LogP contribution >= 0.6 is 0 Å². The van der Waals surface area contributed by atoms with Gasteiger partial charge in [-0.15, -0.1) is 0 Å². The molecule has 0 saturated carbocycles. The number of likely N-dealkylation sites (N-methyl/N-ethyl adjacent to an activating group) is 1. The molecule has 1 aliphatic heterocycles. The van der Waals surface area contributed by atoms with Crippen LogP contribution in [0.15, 0.2) is 18.2 Å². The van der Waals surface area contributed by atoms with Crippen LogP contribution in [0.25, 0.3) is 0 Å². The molecule has 17 heavy (non-hydrogen) atoms. The molecule has 0 aromatic heterocycles. The Labute approximate surface area is 101 Å². The third-order valence-electron chi connectivity index (χ3n) is 3.04. The van der Waals surface area contributed by atoms with Crippen molar-refractivity contribution in [1.29, 1.82) is 0 Å². The van der Waals surface area contributed by atoms with Crippen LogP contribution in [0.1, 0.15) is 12.0 Å². The Bertz CT molecular complexity index is 384. The number of nitrogens with one attached hydrogen (secondary N) is 1. The average molecular weight is 239 g/mol. The fraction of sp³-hybridized carbons (Fsp3) is 0.538. The summed E-state index contributed by atoms with van der Waals surface area (Å²) in [6, 6.07) is 5.10. The largest absolute Gasteiger partial charge is 0.483 e. The van der Waals surface area contributed by atoms with Gasteiger partial charge in [-0.1, -0.05) is 6.07 Å². The molecule has 1 heterocycles. The van der Waals surface area contributed by atoms with E-state index in [1.54, 1.807) is 12.1 Å². The van der Waals surface area contributed by atoms with Gasteiger partial charge in [0.25, 0.3) is 0 Å². The minimum atomic E-state index is -0.323. The molecular weight excluding hydrogens is 221 g/mol. The van der Waals surface area contributed by atoms with E-state index in [1.807, 2.05) is 14.0 Å². The molecule has 94 valence electrons. The first-order valence-corrected chi connectivity index (χ1v) is 5.88. The molecule has 1 saturated heterocycles. The number of ether oxygens (including phenoxy) is 2. The van der Waals surface area contributed by atoms with Crippen molar-refractivity contribution in [2.24, 2.45) is 0 Å². The Morgan fingerprint density at radius 1 is 1.47 bits per heavy atom. The van der Waals surface area contributed by atoms with Crippen molar-refractivity contribution in [3.63, 3.8) is 0 Å². The molecule has 0 radical (unpaired) electrons. The maximum absolute atomic E-state index is 13.6. The highest BCUT2D eigenvalue weighted by atomic mass is 19.1. The summed E-state index contributed by atoms with van der Waals surface area (Å²) in [6.45, 7) is 3.14. The van der Waals surface area contributed by atoms with Crippen LogP contribution in [-0.4, -0.2) is 32.4 Å². The minimum absolute atomic E-state index is 0.134. The smallest absolute Gasteiger partial charge is 0.165 e. The Kier molecular flexibility index (Phi) is 3.97. The van der Waals surface area contributed by atoms with Gasteiger partial charge in [0.05, 0.1) is 6.61 Å². The van der Waals surface area contributed by atoms with Crippen molar-refractivity contribution in [1.82, 2.24) is 5.32 Å². The van der Waals surface area contributed by atoms with E-state index < -0.39 is 0 Å². The summed E-state index contributed by atoms with van der Waals surface area (Å²) in [5.74, 6) is -0.0169. The lowest BCUT2D eigenvalue weighted by molar-refractivity contribution is -0.0143. The van der Waals surface area contributed by atoms with Crippen LogP contribution in [0, 0.1) is 12.7 Å². The predicted molar refractivity (Wildman–Crippen MR) is 63.8 cm³/mol. The van der Waals surface area contributed by atoms with E-state index >= 15 is 0 Å². The van der Waals surface area contributed by atoms with Gasteiger partial charge in [-0.25, -0.2) is 4.39 Å². The van der Waals surface area contributed by atoms with Gasteiger partial charge in [0.1, 0.15) is 6.10 Å². The average Bonchev–Trinajstić information content (AvgIpc) is 2.34. The van der Waals surface area contributed by atoms with Gasteiger partial charge in [0, 0.05) is 12.6 Å². The van der Waals surface area contributed by atoms with Crippen LogP contribution in [0.3, 0.4) is 0 Å². The van der Waals surface area contributed by atoms with E-state index in [0.717, 1.165) is 18.6 Å². The molecule has 2 rings (SSSR count). The molecule has 0 aliphatic carbocycles. The van der Waals surface area contributed by atoms with E-state index in [1.165, 1.54) is 6.07 Å². The topological polar surface area (TPSA) is 30.5 Å². The summed E-state index contributed by atoms with van der Waals surface area (Å²) < 4.78 is 24.6. The van der Waals surface area contributed by atoms with E-state index in [9.17, 15) is 4.39 Å². The van der Waals surface area contributed by atoms with Gasteiger partial charge in [-0.05, 0) is 38.1 Å². The van der Waals surface area contributed by atoms with Crippen molar-refractivity contribution in [3.8, 4) is 5.75 Å². The fourth-order valence-electron chi connectivity index (χ4n) is 2.02. The fourth-order valence-corrected chi connectivity index (χ4v) is 2.02. The van der Waals surface area contributed by atoms with Crippen LogP contribution in [0.5, 0.6) is 5.75 Å². The SMILES string of the molecule is CNC1CCOCC1Oc1cc(C)ccc1F. The van der Waals surface area contributed by atoms with Crippen molar-refractivity contribution >= 4 is 0 Å². The molecule has 3 nitrogen and oxygen atoms in total. The summed E-state index contributed by atoms with van der Waals surface area (Å²) >= 11 is 0. The molecule has 1 fully saturated rings. The highest BCUT2D eigenvalue weighted by Gasteiger charge is 2.26. The molecule has 0 spiro atoms. The molecule has 2 atom stereocenters. The standard InChI is InChI=1S/C13H18FNO2/c1-9-3-4-10(14)12(7-9)17-13-8-16-6-5-11(13)15-2/h3-4,7,11,13,15H,5-6,8H2,1-2H3. The number of hydrogen-bond donors (Lipinski definition) is 1. The van der Waals surface area contributed by atoms with E-state index in [0.29, 0.717) is 12.4 Å². The first-order chi connectivity index (χ1) is 8.20. The molecular formula is C13H18FNO2. The summed E-state index contributed by atoms with van der Waals surface area (Å²) in [5, 5.41) is 3.18. The molecule has 0 bridgehead atoms. The number of halogens is 1. The zero-order valence-corrected chi connectivity index (χ0v) is 10.2. The summed E-state index contributed by atoms with van der Waals surface area (Å²) in [7, 11) is 1.89. The van der Waals surface area contributed by atoms with Gasteiger partial charge in [-0.2, -0.15) is 0 Å². The van der Waals surface area contributed by atoms with Gasteiger partial charge in [-0.3, -0.25) is 0 Å². The zero-order valence-electron chi connectivity index (χ0n) is 10.2. The Morgan fingerprint density at radius 3 is 3.06 bits per heavy atom. The molecule has 1 aromatic carbocycles. The molecule has 4 heteroatoms. The summed E-state index contributed by atoms with van der Waals surface area (Å²) in [6.07, 6.45) is 0.749. The molecule has 1 aromatic rings. The Morgan fingerprint density at radius 2 is 2.29 bits per heavy atom. The molecule has 1 N–H and O–H groups in total. The Hall–Kier alpha value is -1.13. The summed E-state index contributed by atoms with van der Waals surface area (Å²) in [4.78, 5) is 0. The normalized spacial score (nSPS) is 24.6. The molecule has 0 amide bonds. The number of rotatable bonds is 3. The molecule has 2 unspecified atom stereocenters. The van der Waals surface area contributed by atoms with Gasteiger partial charge in [0.2, 0.25) is 0 Å². The van der Waals surface area contributed by atoms with E-state index in [2.05, 4.69) is 5.32 Å². The molecule has 1 aliphatic rings. The summed E-state index contributed by atoms with van der Waals surface area (Å²) in [5.41, 5.74) is 0.985. The lowest BCUT2D eigenvalue weighted by Gasteiger charge is -2.31. The number of benzene rings is 1. The maximum Gasteiger partial charge on any atom is 0.165 e. The second-order valence-electron chi connectivity index (χ2n) is 4.35.